The van der Waals surface area contributed by atoms with E-state index in [0.717, 1.165) is 6.54 Å². The van der Waals surface area contributed by atoms with E-state index in [1.807, 2.05) is 25.7 Å². The lowest BCUT2D eigenvalue weighted by Gasteiger charge is -2.37. The number of likely N-dealkylation sites (tertiary alicyclic amines) is 1. The maximum atomic E-state index is 12.0. The van der Waals surface area contributed by atoms with Crippen molar-refractivity contribution >= 4 is 5.91 Å². The quantitative estimate of drug-likeness (QED) is 0.565. The van der Waals surface area contributed by atoms with Crippen molar-refractivity contribution in [3.05, 3.63) is 0 Å². The molecule has 0 aromatic carbocycles. The molecule has 1 amide bonds. The van der Waals surface area contributed by atoms with Crippen molar-refractivity contribution in [1.82, 2.24) is 4.90 Å². The molecule has 1 aliphatic heterocycles. The fourth-order valence-corrected chi connectivity index (χ4v) is 1.83. The maximum absolute atomic E-state index is 12.0. The van der Waals surface area contributed by atoms with Gasteiger partial charge in [-0.15, -0.1) is 0 Å². The summed E-state index contributed by atoms with van der Waals surface area (Å²) < 4.78 is 0. The smallest absolute Gasteiger partial charge is 0.228 e. The predicted molar refractivity (Wildman–Crippen MR) is 54.5 cm³/mol. The van der Waals surface area contributed by atoms with Gasteiger partial charge >= 0.3 is 0 Å². The molecule has 0 bridgehead atoms. The van der Waals surface area contributed by atoms with E-state index in [2.05, 4.69) is 6.92 Å². The number of carbonyl (C=O) groups excluding carboxylic acids is 1. The largest absolute Gasteiger partial charge is 0.340 e. The van der Waals surface area contributed by atoms with Crippen LogP contribution in [0.3, 0.4) is 0 Å². The molecule has 0 N–H and O–H groups in total. The van der Waals surface area contributed by atoms with Crippen LogP contribution in [-0.4, -0.2) is 23.4 Å². The van der Waals surface area contributed by atoms with Gasteiger partial charge in [0.2, 0.25) is 5.91 Å². The van der Waals surface area contributed by atoms with Crippen molar-refractivity contribution in [3.8, 4) is 0 Å². The second kappa shape index (κ2) is 3.69. The van der Waals surface area contributed by atoms with Gasteiger partial charge in [0.25, 0.3) is 0 Å². The summed E-state index contributed by atoms with van der Waals surface area (Å²) in [4.78, 5) is 14.0. The van der Waals surface area contributed by atoms with Crippen LogP contribution in [-0.2, 0) is 4.79 Å². The van der Waals surface area contributed by atoms with Crippen LogP contribution in [0.1, 0.15) is 47.0 Å². The molecule has 76 valence electrons. The van der Waals surface area contributed by atoms with Gasteiger partial charge in [-0.3, -0.25) is 4.79 Å². The first kappa shape index (κ1) is 10.6. The summed E-state index contributed by atoms with van der Waals surface area (Å²) >= 11 is 0. The number of piperidine rings is 1. The molecular weight excluding hydrogens is 162 g/mol. The number of nitrogens with zero attached hydrogens (tertiary/aromatic N) is 1. The van der Waals surface area contributed by atoms with Crippen molar-refractivity contribution in [1.29, 1.82) is 0 Å². The molecule has 0 aliphatic carbocycles. The van der Waals surface area contributed by atoms with E-state index < -0.39 is 0 Å². The first-order chi connectivity index (χ1) is 5.93. The number of carbonyl (C=O) groups is 1. The van der Waals surface area contributed by atoms with E-state index in [1.54, 1.807) is 0 Å². The van der Waals surface area contributed by atoms with Gasteiger partial charge in [0.15, 0.2) is 0 Å². The van der Waals surface area contributed by atoms with Crippen molar-refractivity contribution in [2.75, 3.05) is 6.54 Å². The van der Waals surface area contributed by atoms with Crippen LogP contribution in [0.4, 0.5) is 0 Å². The van der Waals surface area contributed by atoms with Gasteiger partial charge in [0.1, 0.15) is 0 Å². The third-order valence-electron chi connectivity index (χ3n) is 2.71. The minimum atomic E-state index is -0.217. The molecule has 0 saturated carbocycles. The lowest BCUT2D eigenvalue weighted by Crippen LogP contribution is -2.47. The lowest BCUT2D eigenvalue weighted by atomic mass is 9.92. The van der Waals surface area contributed by atoms with Crippen molar-refractivity contribution in [2.45, 2.75) is 53.0 Å². The van der Waals surface area contributed by atoms with Crippen LogP contribution in [0.5, 0.6) is 0 Å². The van der Waals surface area contributed by atoms with Crippen molar-refractivity contribution < 1.29 is 4.79 Å². The zero-order chi connectivity index (χ0) is 10.1. The van der Waals surface area contributed by atoms with E-state index in [-0.39, 0.29) is 5.41 Å². The highest BCUT2D eigenvalue weighted by Gasteiger charge is 2.31. The highest BCUT2D eigenvalue weighted by atomic mass is 16.2. The van der Waals surface area contributed by atoms with E-state index in [0.29, 0.717) is 11.9 Å². The minimum absolute atomic E-state index is 0.217. The average molecular weight is 183 g/mol. The summed E-state index contributed by atoms with van der Waals surface area (Å²) in [6, 6.07) is 0.445. The number of hydrogen-bond donors (Lipinski definition) is 0. The summed E-state index contributed by atoms with van der Waals surface area (Å²) in [6.45, 7) is 9.10. The Bertz CT molecular complexity index is 193. The Balaban J connectivity index is 2.64. The maximum Gasteiger partial charge on any atom is 0.228 e. The lowest BCUT2D eigenvalue weighted by molar-refractivity contribution is -0.142. The molecule has 2 heteroatoms. The molecule has 0 spiro atoms. The Labute approximate surface area is 81.3 Å². The molecule has 0 radical (unpaired) electrons. The first-order valence-corrected chi connectivity index (χ1v) is 5.24. The van der Waals surface area contributed by atoms with Crippen LogP contribution < -0.4 is 0 Å². The molecule has 1 saturated heterocycles. The predicted octanol–water partition coefficient (Wildman–Crippen LogP) is 2.43. The standard InChI is InChI=1S/C11H21NO/c1-9-7-5-6-8-12(9)10(13)11(2,3)4/h9H,5-8H2,1-4H3/t9-/m1/s1. The zero-order valence-corrected chi connectivity index (χ0v) is 9.26. The minimum Gasteiger partial charge on any atom is -0.340 e. The molecule has 2 nitrogen and oxygen atoms in total. The van der Waals surface area contributed by atoms with Crippen LogP contribution in [0.25, 0.3) is 0 Å². The second-order valence-electron chi connectivity index (χ2n) is 5.09. The van der Waals surface area contributed by atoms with Gasteiger partial charge in [-0.1, -0.05) is 20.8 Å². The molecule has 1 atom stereocenters. The highest BCUT2D eigenvalue weighted by molar-refractivity contribution is 5.81. The van der Waals surface area contributed by atoms with Crippen LogP contribution >= 0.6 is 0 Å². The molecular formula is C11H21NO. The number of hydrogen-bond acceptors (Lipinski definition) is 1. The Kier molecular flexibility index (Phi) is 2.99. The van der Waals surface area contributed by atoms with E-state index in [9.17, 15) is 4.79 Å². The average Bonchev–Trinajstić information content (AvgIpc) is 2.02. The molecule has 0 aromatic heterocycles. The first-order valence-electron chi connectivity index (χ1n) is 5.24. The summed E-state index contributed by atoms with van der Waals surface area (Å²) in [7, 11) is 0. The third-order valence-corrected chi connectivity index (χ3v) is 2.71. The molecule has 1 aliphatic rings. The monoisotopic (exact) mass is 183 g/mol. The normalized spacial score (nSPS) is 24.6. The van der Waals surface area contributed by atoms with Gasteiger partial charge in [0.05, 0.1) is 0 Å². The number of amides is 1. The van der Waals surface area contributed by atoms with Gasteiger partial charge < -0.3 is 4.90 Å². The third kappa shape index (κ3) is 2.45. The SMILES string of the molecule is C[C@@H]1CCCCN1C(=O)C(C)(C)C. The molecule has 0 unspecified atom stereocenters. The summed E-state index contributed by atoms with van der Waals surface area (Å²) in [6.07, 6.45) is 3.61. The van der Waals surface area contributed by atoms with Gasteiger partial charge in [-0.25, -0.2) is 0 Å². The fraction of sp³-hybridized carbons (Fsp3) is 0.909. The summed E-state index contributed by atoms with van der Waals surface area (Å²) in [5.74, 6) is 0.305. The van der Waals surface area contributed by atoms with Crippen LogP contribution in [0, 0.1) is 5.41 Å². The molecule has 13 heavy (non-hydrogen) atoms. The van der Waals surface area contributed by atoms with Gasteiger partial charge in [-0.2, -0.15) is 0 Å². The highest BCUT2D eigenvalue weighted by Crippen LogP contribution is 2.24. The molecule has 1 heterocycles. The van der Waals surface area contributed by atoms with E-state index in [1.165, 1.54) is 19.3 Å². The van der Waals surface area contributed by atoms with Crippen molar-refractivity contribution in [2.24, 2.45) is 5.41 Å². The van der Waals surface area contributed by atoms with Gasteiger partial charge in [0, 0.05) is 18.0 Å². The van der Waals surface area contributed by atoms with Gasteiger partial charge in [-0.05, 0) is 26.2 Å². The van der Waals surface area contributed by atoms with E-state index in [4.69, 9.17) is 0 Å². The van der Waals surface area contributed by atoms with Crippen LogP contribution in [0.2, 0.25) is 0 Å². The Morgan fingerprint density at radius 1 is 1.31 bits per heavy atom. The second-order valence-corrected chi connectivity index (χ2v) is 5.09. The van der Waals surface area contributed by atoms with Crippen LogP contribution in [0.15, 0.2) is 0 Å². The fourth-order valence-electron chi connectivity index (χ4n) is 1.83. The Hall–Kier alpha value is -0.530. The summed E-state index contributed by atoms with van der Waals surface area (Å²) in [5, 5.41) is 0. The topological polar surface area (TPSA) is 20.3 Å². The summed E-state index contributed by atoms with van der Waals surface area (Å²) in [5.41, 5.74) is -0.217. The molecule has 0 aromatic rings. The van der Waals surface area contributed by atoms with Crippen molar-refractivity contribution in [3.63, 3.8) is 0 Å². The Morgan fingerprint density at radius 2 is 1.92 bits per heavy atom. The van der Waals surface area contributed by atoms with E-state index >= 15 is 0 Å². The number of rotatable bonds is 0. The zero-order valence-electron chi connectivity index (χ0n) is 9.26. The Morgan fingerprint density at radius 3 is 2.38 bits per heavy atom. The molecule has 1 rings (SSSR count). The molecule has 1 fully saturated rings.